The Morgan fingerprint density at radius 1 is 1.43 bits per heavy atom. The highest BCUT2D eigenvalue weighted by atomic mass is 32.3. The molecule has 2 aliphatic heterocycles. The number of primary amides is 2. The van der Waals surface area contributed by atoms with Crippen LogP contribution in [0.2, 0.25) is 0 Å². The van der Waals surface area contributed by atoms with Crippen LogP contribution >= 0.6 is 0 Å². The van der Waals surface area contributed by atoms with Crippen LogP contribution in [0.5, 0.6) is 0 Å². The fourth-order valence-electron chi connectivity index (χ4n) is 2.30. The van der Waals surface area contributed by atoms with Gasteiger partial charge in [0, 0.05) is 6.42 Å². The van der Waals surface area contributed by atoms with Crippen molar-refractivity contribution in [3.8, 4) is 0 Å². The van der Waals surface area contributed by atoms with Crippen molar-refractivity contribution in [1.29, 1.82) is 0 Å². The summed E-state index contributed by atoms with van der Waals surface area (Å²) in [5, 5.41) is 0.368. The van der Waals surface area contributed by atoms with Crippen molar-refractivity contribution < 1.29 is 31.6 Å². The van der Waals surface area contributed by atoms with Gasteiger partial charge >= 0.3 is 16.4 Å². The van der Waals surface area contributed by atoms with Crippen LogP contribution in [0.25, 0.3) is 0 Å². The molecule has 21 heavy (non-hydrogen) atoms. The molecule has 116 valence electrons. The number of nitrogens with zero attached hydrogens (tertiary/aromatic N) is 2. The molecule has 2 bridgehead atoms. The first-order valence-electron chi connectivity index (χ1n) is 5.65. The normalized spacial score (nSPS) is 25.0. The molecule has 2 unspecified atom stereocenters. The van der Waals surface area contributed by atoms with Crippen molar-refractivity contribution in [3.05, 3.63) is 11.6 Å². The first-order chi connectivity index (χ1) is 9.60. The summed E-state index contributed by atoms with van der Waals surface area (Å²) in [5.74, 6) is -1.61. The minimum Gasteiger partial charge on any atom is -0.369 e. The van der Waals surface area contributed by atoms with Crippen LogP contribution in [0.1, 0.15) is 6.42 Å². The van der Waals surface area contributed by atoms with E-state index in [0.29, 0.717) is 5.06 Å². The molecular weight excluding hydrogens is 308 g/mol. The number of carbonyl (C=O) groups is 3. The SMILES string of the molecule is NC(=O)CC1=CC(C(N)=O)N2CC1N(OS(=O)(=O)O)C2=O. The molecule has 2 aliphatic rings. The number of amides is 4. The highest BCUT2D eigenvalue weighted by molar-refractivity contribution is 7.80. The summed E-state index contributed by atoms with van der Waals surface area (Å²) >= 11 is 0. The van der Waals surface area contributed by atoms with Crippen molar-refractivity contribution in [2.24, 2.45) is 11.5 Å². The van der Waals surface area contributed by atoms with Crippen molar-refractivity contribution >= 4 is 28.2 Å². The number of urea groups is 1. The van der Waals surface area contributed by atoms with Crippen molar-refractivity contribution in [3.63, 3.8) is 0 Å². The van der Waals surface area contributed by atoms with E-state index in [9.17, 15) is 22.8 Å². The lowest BCUT2D eigenvalue weighted by Crippen LogP contribution is -2.47. The highest BCUT2D eigenvalue weighted by Gasteiger charge is 2.49. The number of rotatable bonds is 5. The summed E-state index contributed by atoms with van der Waals surface area (Å²) < 4.78 is 34.5. The molecule has 2 heterocycles. The Balaban J connectivity index is 2.39. The monoisotopic (exact) mass is 320 g/mol. The molecule has 12 heteroatoms. The van der Waals surface area contributed by atoms with Crippen LogP contribution in [0.3, 0.4) is 0 Å². The second-order valence-corrected chi connectivity index (χ2v) is 5.52. The summed E-state index contributed by atoms with van der Waals surface area (Å²) in [5.41, 5.74) is 10.4. The van der Waals surface area contributed by atoms with Gasteiger partial charge in [-0.2, -0.15) is 13.5 Å². The summed E-state index contributed by atoms with van der Waals surface area (Å²) in [7, 11) is -4.95. The summed E-state index contributed by atoms with van der Waals surface area (Å²) in [6, 6.07) is -3.10. The van der Waals surface area contributed by atoms with Crippen molar-refractivity contribution in [2.45, 2.75) is 18.5 Å². The van der Waals surface area contributed by atoms with Gasteiger partial charge in [-0.3, -0.25) is 14.1 Å². The molecule has 1 fully saturated rings. The summed E-state index contributed by atoms with van der Waals surface area (Å²) in [6.07, 6.45) is 0.938. The first kappa shape index (κ1) is 15.2. The van der Waals surface area contributed by atoms with Crippen molar-refractivity contribution in [1.82, 2.24) is 9.96 Å². The smallest absolute Gasteiger partial charge is 0.369 e. The third-order valence-corrected chi connectivity index (χ3v) is 3.42. The molecule has 2 rings (SSSR count). The lowest BCUT2D eigenvalue weighted by Gasteiger charge is -2.27. The van der Waals surface area contributed by atoms with E-state index < -0.39 is 40.3 Å². The van der Waals surface area contributed by atoms with Crippen molar-refractivity contribution in [2.75, 3.05) is 6.54 Å². The highest BCUT2D eigenvalue weighted by Crippen LogP contribution is 2.32. The number of hydroxylamine groups is 2. The third-order valence-electron chi connectivity index (χ3n) is 3.07. The fourth-order valence-corrected chi connectivity index (χ4v) is 2.67. The predicted molar refractivity (Wildman–Crippen MR) is 65.2 cm³/mol. The van der Waals surface area contributed by atoms with Gasteiger partial charge in [-0.15, -0.1) is 4.28 Å². The second kappa shape index (κ2) is 4.98. The van der Waals surface area contributed by atoms with E-state index in [-0.39, 0.29) is 18.5 Å². The Kier molecular flexibility index (Phi) is 3.61. The molecule has 0 saturated carbocycles. The van der Waals surface area contributed by atoms with Gasteiger partial charge in [-0.05, 0) is 5.57 Å². The van der Waals surface area contributed by atoms with E-state index >= 15 is 0 Å². The first-order valence-corrected chi connectivity index (χ1v) is 7.01. The number of hydrogen-bond acceptors (Lipinski definition) is 6. The zero-order chi connectivity index (χ0) is 15.9. The minimum atomic E-state index is -4.95. The van der Waals surface area contributed by atoms with Gasteiger partial charge in [0.25, 0.3) is 0 Å². The van der Waals surface area contributed by atoms with E-state index in [2.05, 4.69) is 4.28 Å². The van der Waals surface area contributed by atoms with Gasteiger partial charge in [0.15, 0.2) is 0 Å². The Hall–Kier alpha value is -2.18. The maximum absolute atomic E-state index is 12.0. The largest absolute Gasteiger partial charge is 0.418 e. The van der Waals surface area contributed by atoms with Gasteiger partial charge in [-0.1, -0.05) is 6.08 Å². The maximum atomic E-state index is 12.0. The lowest BCUT2D eigenvalue weighted by atomic mass is 9.96. The third kappa shape index (κ3) is 2.96. The lowest BCUT2D eigenvalue weighted by molar-refractivity contribution is -0.121. The van der Waals surface area contributed by atoms with Gasteiger partial charge in [0.1, 0.15) is 12.1 Å². The number of carbonyl (C=O) groups excluding carboxylic acids is 3. The van der Waals surface area contributed by atoms with Crippen LogP contribution in [0.4, 0.5) is 4.79 Å². The van der Waals surface area contributed by atoms with Crippen LogP contribution in [0.15, 0.2) is 11.6 Å². The second-order valence-electron chi connectivity index (χ2n) is 4.51. The molecule has 0 aromatic rings. The number of nitrogens with two attached hydrogens (primary N) is 2. The Morgan fingerprint density at radius 3 is 2.52 bits per heavy atom. The number of fused-ring (bicyclic) bond motifs is 2. The maximum Gasteiger partial charge on any atom is 0.418 e. The average Bonchev–Trinajstić information content (AvgIpc) is 2.56. The molecule has 2 atom stereocenters. The van der Waals surface area contributed by atoms with Crippen LogP contribution < -0.4 is 11.5 Å². The van der Waals surface area contributed by atoms with E-state index in [0.717, 1.165) is 4.90 Å². The summed E-state index contributed by atoms with van der Waals surface area (Å²) in [6.45, 7) is -0.124. The quantitative estimate of drug-likeness (QED) is 0.370. The van der Waals surface area contributed by atoms with Gasteiger partial charge in [0.2, 0.25) is 11.8 Å². The average molecular weight is 320 g/mol. The van der Waals surface area contributed by atoms with Crippen LogP contribution in [-0.2, 0) is 24.3 Å². The van der Waals surface area contributed by atoms with Crippen LogP contribution in [0, 0.1) is 0 Å². The topological polar surface area (TPSA) is 173 Å². The zero-order valence-electron chi connectivity index (χ0n) is 10.5. The molecule has 0 spiro atoms. The van der Waals surface area contributed by atoms with E-state index in [1.807, 2.05) is 0 Å². The van der Waals surface area contributed by atoms with Gasteiger partial charge in [0.05, 0.1) is 6.54 Å². The minimum absolute atomic E-state index is 0.124. The fraction of sp³-hybridized carbons (Fsp3) is 0.444. The molecule has 5 N–H and O–H groups in total. The van der Waals surface area contributed by atoms with Crippen LogP contribution in [-0.4, -0.2) is 59.4 Å². The van der Waals surface area contributed by atoms with E-state index in [4.69, 9.17) is 16.0 Å². The molecule has 1 saturated heterocycles. The van der Waals surface area contributed by atoms with Gasteiger partial charge < -0.3 is 16.4 Å². The molecule has 0 aromatic heterocycles. The Bertz CT molecular complexity index is 642. The zero-order valence-corrected chi connectivity index (χ0v) is 11.3. The predicted octanol–water partition coefficient (Wildman–Crippen LogP) is -2.50. The molecule has 0 radical (unpaired) electrons. The van der Waals surface area contributed by atoms with Gasteiger partial charge in [-0.25, -0.2) is 4.79 Å². The molecule has 0 aromatic carbocycles. The molecule has 0 aliphatic carbocycles. The molecular formula is C9H12N4O7S. The van der Waals surface area contributed by atoms with E-state index in [1.54, 1.807) is 0 Å². The Labute approximate surface area is 119 Å². The van der Waals surface area contributed by atoms with E-state index in [1.165, 1.54) is 6.08 Å². The molecule has 11 nitrogen and oxygen atoms in total. The summed E-state index contributed by atoms with van der Waals surface area (Å²) in [4.78, 5) is 35.3. The standard InChI is InChI=1S/C9H12N4O7S/c10-7(14)2-4-1-5(8(11)15)12-3-6(4)13(9(12)16)20-21(17,18)19/h1,5-6H,2-3H2,(H2,10,14)(H2,11,15)(H,17,18,19). The Morgan fingerprint density at radius 2 is 2.05 bits per heavy atom. The molecule has 4 amide bonds. The number of hydrogen-bond donors (Lipinski definition) is 3.